The van der Waals surface area contributed by atoms with Gasteiger partial charge in [-0.25, -0.2) is 15.0 Å². The van der Waals surface area contributed by atoms with Crippen molar-refractivity contribution in [2.75, 3.05) is 0 Å². The zero-order chi connectivity index (χ0) is 44.5. The van der Waals surface area contributed by atoms with Crippen LogP contribution in [-0.2, 0) is 0 Å². The first kappa shape index (κ1) is 38.8. The Labute approximate surface area is 389 Å². The zero-order valence-electron chi connectivity index (χ0n) is 36.8. The van der Waals surface area contributed by atoms with Crippen molar-refractivity contribution in [2.24, 2.45) is 11.3 Å². The smallest absolute Gasteiger partial charge is 0.164 e. The summed E-state index contributed by atoms with van der Waals surface area (Å²) in [4.78, 5) is 20.4. The summed E-state index contributed by atoms with van der Waals surface area (Å²) in [5, 5.41) is 9.58. The van der Waals surface area contributed by atoms with E-state index in [1.54, 1.807) is 6.20 Å². The van der Waals surface area contributed by atoms with Crippen LogP contribution in [0.4, 0.5) is 0 Å². The minimum absolute atomic E-state index is 0.152. The summed E-state index contributed by atoms with van der Waals surface area (Å²) in [5.41, 5.74) is 11.9. The molecule has 13 rings (SSSR count). The lowest BCUT2D eigenvalue weighted by molar-refractivity contribution is 0.422. The number of pyridine rings is 1. The molecule has 2 heterocycles. The van der Waals surface area contributed by atoms with Gasteiger partial charge in [-0.2, -0.15) is 0 Å². The maximum Gasteiger partial charge on any atom is 0.164 e. The number of fused-ring (bicyclic) bond motifs is 8. The molecule has 314 valence electrons. The van der Waals surface area contributed by atoms with Crippen LogP contribution in [0.3, 0.4) is 0 Å². The summed E-state index contributed by atoms with van der Waals surface area (Å²) in [5.74, 6) is 2.01. The predicted octanol–water partition coefficient (Wildman–Crippen LogP) is 15.8. The van der Waals surface area contributed by atoms with Crippen molar-refractivity contribution >= 4 is 48.7 Å². The summed E-state index contributed by atoms with van der Waals surface area (Å²) in [7, 11) is 0. The second kappa shape index (κ2) is 15.5. The van der Waals surface area contributed by atoms with Crippen LogP contribution < -0.4 is 0 Å². The number of hydrogen-bond donors (Lipinski definition) is 0. The fourth-order valence-electron chi connectivity index (χ4n) is 10.5. The van der Waals surface area contributed by atoms with E-state index < -0.39 is 0 Å². The number of rotatable bonds is 6. The van der Waals surface area contributed by atoms with Crippen molar-refractivity contribution in [1.82, 2.24) is 19.9 Å². The fraction of sp³-hybridized carbons (Fsp3) is 0.0476. The van der Waals surface area contributed by atoms with Gasteiger partial charge in [0.25, 0.3) is 0 Å². The Balaban J connectivity index is 1.06. The van der Waals surface area contributed by atoms with Crippen molar-refractivity contribution in [3.05, 3.63) is 248 Å². The van der Waals surface area contributed by atoms with Gasteiger partial charge in [0.15, 0.2) is 17.5 Å². The van der Waals surface area contributed by atoms with E-state index in [1.807, 2.05) is 12.3 Å². The number of nitrogens with zero attached hydrogens (tertiary/aromatic N) is 4. The SMILES string of the molecule is CC12C=CC=CC1=CC(c1cc(-c3nc(-c4ccc(-c5cccnc5)cc4)nc(-c4ccc5cc6ccccc6cc5c4)n3)cc(-c3cc4ccccc4c4ccccc34)c1)=C1C=CC=CC12. The zero-order valence-corrected chi connectivity index (χ0v) is 36.8. The van der Waals surface area contributed by atoms with Gasteiger partial charge < -0.3 is 0 Å². The lowest BCUT2D eigenvalue weighted by Gasteiger charge is -2.42. The molecular weight excluding hydrogens is 813 g/mol. The van der Waals surface area contributed by atoms with Gasteiger partial charge in [0, 0.05) is 40.4 Å². The minimum Gasteiger partial charge on any atom is -0.264 e. The molecule has 0 radical (unpaired) electrons. The Morgan fingerprint density at radius 3 is 1.88 bits per heavy atom. The molecule has 2 unspecified atom stereocenters. The third-order valence-corrected chi connectivity index (χ3v) is 14.1. The number of hydrogen-bond acceptors (Lipinski definition) is 4. The third-order valence-electron chi connectivity index (χ3n) is 14.1. The first-order valence-corrected chi connectivity index (χ1v) is 23.0. The first-order chi connectivity index (χ1) is 33.0. The van der Waals surface area contributed by atoms with E-state index in [-0.39, 0.29) is 11.3 Å². The maximum atomic E-state index is 5.42. The Kier molecular flexibility index (Phi) is 9.00. The highest BCUT2D eigenvalue weighted by Gasteiger charge is 2.40. The molecule has 0 saturated heterocycles. The lowest BCUT2D eigenvalue weighted by atomic mass is 9.61. The molecule has 0 N–H and O–H groups in total. The van der Waals surface area contributed by atoms with Crippen LogP contribution in [0.2, 0.25) is 0 Å². The molecule has 4 heteroatoms. The topological polar surface area (TPSA) is 51.6 Å². The van der Waals surface area contributed by atoms with Gasteiger partial charge in [-0.15, -0.1) is 0 Å². The van der Waals surface area contributed by atoms with Crippen LogP contribution in [0.5, 0.6) is 0 Å². The Bertz CT molecular complexity index is 3870. The van der Waals surface area contributed by atoms with E-state index >= 15 is 0 Å². The van der Waals surface area contributed by atoms with E-state index in [0.717, 1.165) is 49.9 Å². The highest BCUT2D eigenvalue weighted by atomic mass is 15.0. The van der Waals surface area contributed by atoms with Gasteiger partial charge in [0.1, 0.15) is 0 Å². The highest BCUT2D eigenvalue weighted by molar-refractivity contribution is 6.14. The number of benzene rings is 8. The van der Waals surface area contributed by atoms with Crippen molar-refractivity contribution in [3.63, 3.8) is 0 Å². The molecule has 0 fully saturated rings. The molecule has 0 amide bonds. The highest BCUT2D eigenvalue weighted by Crippen LogP contribution is 2.52. The minimum atomic E-state index is -0.152. The monoisotopic (exact) mass is 854 g/mol. The van der Waals surface area contributed by atoms with Gasteiger partial charge in [-0.1, -0.05) is 171 Å². The van der Waals surface area contributed by atoms with Crippen molar-refractivity contribution in [1.29, 1.82) is 0 Å². The molecule has 2 aromatic heterocycles. The summed E-state index contributed by atoms with van der Waals surface area (Å²) >= 11 is 0. The molecule has 3 aliphatic rings. The Morgan fingerprint density at radius 1 is 0.433 bits per heavy atom. The standard InChI is InChI=1S/C63H42N4/c1-63-29-11-10-17-52(63)38-58(56-21-8-9-22-59(56)63)50-34-49(57-37-45-15-4-5-18-53(45)54-19-6-7-20-55(54)57)35-51(36-50)62-66-60(41-25-23-40(24-26-41)47-16-12-30-64-39-47)65-61(67-62)46-28-27-44-31-42-13-2-3-14-43(42)32-48(44)33-46/h2-39,59H,1H3. The molecule has 8 aromatic carbocycles. The van der Waals surface area contributed by atoms with Gasteiger partial charge in [0.2, 0.25) is 0 Å². The number of allylic oxidation sites excluding steroid dienone is 12. The molecule has 3 aliphatic carbocycles. The molecule has 0 saturated carbocycles. The molecule has 67 heavy (non-hydrogen) atoms. The largest absolute Gasteiger partial charge is 0.264 e. The molecule has 2 atom stereocenters. The normalized spacial score (nSPS) is 17.3. The summed E-state index contributed by atoms with van der Waals surface area (Å²) in [6, 6.07) is 58.8. The molecule has 0 bridgehead atoms. The van der Waals surface area contributed by atoms with Crippen LogP contribution in [0, 0.1) is 11.3 Å². The average Bonchev–Trinajstić information content (AvgIpc) is 3.39. The predicted molar refractivity (Wildman–Crippen MR) is 278 cm³/mol. The van der Waals surface area contributed by atoms with Crippen LogP contribution in [0.15, 0.2) is 242 Å². The lowest BCUT2D eigenvalue weighted by Crippen LogP contribution is -2.31. The van der Waals surface area contributed by atoms with E-state index in [2.05, 4.69) is 224 Å². The number of aromatic nitrogens is 4. The van der Waals surface area contributed by atoms with Gasteiger partial charge in [-0.3, -0.25) is 4.98 Å². The van der Waals surface area contributed by atoms with Crippen molar-refractivity contribution in [2.45, 2.75) is 6.92 Å². The Morgan fingerprint density at radius 2 is 1.07 bits per heavy atom. The molecule has 4 nitrogen and oxygen atoms in total. The third kappa shape index (κ3) is 6.68. The first-order valence-electron chi connectivity index (χ1n) is 23.0. The van der Waals surface area contributed by atoms with Crippen LogP contribution in [0.1, 0.15) is 12.5 Å². The molecular formula is C63H42N4. The maximum absolute atomic E-state index is 5.42. The van der Waals surface area contributed by atoms with E-state index in [0.29, 0.717) is 17.5 Å². The van der Waals surface area contributed by atoms with E-state index in [4.69, 9.17) is 15.0 Å². The summed E-state index contributed by atoms with van der Waals surface area (Å²) < 4.78 is 0. The molecule has 10 aromatic rings. The van der Waals surface area contributed by atoms with Gasteiger partial charge in [-0.05, 0) is 142 Å². The molecule has 0 aliphatic heterocycles. The Hall–Kier alpha value is -8.60. The second-order valence-corrected chi connectivity index (χ2v) is 18.1. The van der Waals surface area contributed by atoms with Gasteiger partial charge >= 0.3 is 0 Å². The molecule has 0 spiro atoms. The van der Waals surface area contributed by atoms with E-state index in [1.165, 1.54) is 54.4 Å². The second-order valence-electron chi connectivity index (χ2n) is 18.1. The fourth-order valence-corrected chi connectivity index (χ4v) is 10.5. The summed E-state index contributed by atoms with van der Waals surface area (Å²) in [6.45, 7) is 2.36. The van der Waals surface area contributed by atoms with E-state index in [9.17, 15) is 0 Å². The summed E-state index contributed by atoms with van der Waals surface area (Å²) in [6.07, 6.45) is 24.1. The van der Waals surface area contributed by atoms with Crippen molar-refractivity contribution in [3.8, 4) is 56.4 Å². The quantitative estimate of drug-likeness (QED) is 0.123. The van der Waals surface area contributed by atoms with Crippen LogP contribution in [-0.4, -0.2) is 19.9 Å². The van der Waals surface area contributed by atoms with Crippen LogP contribution in [0.25, 0.3) is 105 Å². The van der Waals surface area contributed by atoms with Gasteiger partial charge in [0.05, 0.1) is 0 Å². The van der Waals surface area contributed by atoms with Crippen LogP contribution >= 0.6 is 0 Å². The average molecular weight is 855 g/mol. The van der Waals surface area contributed by atoms with Crippen molar-refractivity contribution < 1.29 is 0 Å².